The Balaban J connectivity index is 3.34. The molecule has 0 heterocycles. The van der Waals surface area contributed by atoms with E-state index in [0.717, 1.165) is 19.3 Å². The standard InChI is InChI=1S/C9H17F3N2O/c10-9(11,12)5-4-8(15)14-7-3-1-2-6-13/h1-7,13H2,(H,14,15). The van der Waals surface area contributed by atoms with Gasteiger partial charge >= 0.3 is 6.18 Å². The topological polar surface area (TPSA) is 55.1 Å². The highest BCUT2D eigenvalue weighted by Crippen LogP contribution is 2.20. The molecule has 0 aliphatic carbocycles. The number of amides is 1. The first-order chi connectivity index (χ1) is 6.95. The molecule has 0 radical (unpaired) electrons. The lowest BCUT2D eigenvalue weighted by atomic mass is 10.2. The SMILES string of the molecule is NCCCCCNC(=O)CCC(F)(F)F. The second kappa shape index (κ2) is 7.50. The molecular weight excluding hydrogens is 209 g/mol. The monoisotopic (exact) mass is 226 g/mol. The zero-order valence-electron chi connectivity index (χ0n) is 8.57. The summed E-state index contributed by atoms with van der Waals surface area (Å²) in [4.78, 5) is 10.9. The van der Waals surface area contributed by atoms with E-state index in [2.05, 4.69) is 5.32 Å². The average Bonchev–Trinajstić information content (AvgIpc) is 2.13. The van der Waals surface area contributed by atoms with Crippen molar-refractivity contribution in [2.24, 2.45) is 5.73 Å². The van der Waals surface area contributed by atoms with Crippen LogP contribution >= 0.6 is 0 Å². The lowest BCUT2D eigenvalue weighted by molar-refractivity contribution is -0.144. The van der Waals surface area contributed by atoms with Gasteiger partial charge in [0.05, 0.1) is 6.42 Å². The maximum absolute atomic E-state index is 11.7. The third-order valence-corrected chi connectivity index (χ3v) is 1.84. The van der Waals surface area contributed by atoms with E-state index in [1.54, 1.807) is 0 Å². The number of carbonyl (C=O) groups excluding carboxylic acids is 1. The first kappa shape index (κ1) is 14.2. The summed E-state index contributed by atoms with van der Waals surface area (Å²) >= 11 is 0. The fraction of sp³-hybridized carbons (Fsp3) is 0.889. The van der Waals surface area contributed by atoms with Crippen LogP contribution in [-0.4, -0.2) is 25.2 Å². The van der Waals surface area contributed by atoms with Gasteiger partial charge in [-0.25, -0.2) is 0 Å². The van der Waals surface area contributed by atoms with E-state index in [1.807, 2.05) is 0 Å². The molecule has 0 saturated heterocycles. The molecule has 0 rings (SSSR count). The van der Waals surface area contributed by atoms with Crippen LogP contribution in [0.2, 0.25) is 0 Å². The molecule has 0 spiro atoms. The molecule has 1 amide bonds. The minimum atomic E-state index is -4.25. The Hall–Kier alpha value is -0.780. The summed E-state index contributed by atoms with van der Waals surface area (Å²) in [5, 5.41) is 2.43. The number of nitrogens with one attached hydrogen (secondary N) is 1. The highest BCUT2D eigenvalue weighted by molar-refractivity contribution is 5.75. The molecule has 3 N–H and O–H groups in total. The molecule has 0 aromatic carbocycles. The van der Waals surface area contributed by atoms with Crippen molar-refractivity contribution in [3.8, 4) is 0 Å². The van der Waals surface area contributed by atoms with Crippen molar-refractivity contribution in [2.45, 2.75) is 38.3 Å². The van der Waals surface area contributed by atoms with Crippen LogP contribution in [0.3, 0.4) is 0 Å². The van der Waals surface area contributed by atoms with Crippen molar-refractivity contribution >= 4 is 5.91 Å². The maximum atomic E-state index is 11.7. The molecule has 15 heavy (non-hydrogen) atoms. The Labute approximate surface area is 87.2 Å². The van der Waals surface area contributed by atoms with Gasteiger partial charge < -0.3 is 11.1 Å². The van der Waals surface area contributed by atoms with Crippen LogP contribution in [0.5, 0.6) is 0 Å². The maximum Gasteiger partial charge on any atom is 0.389 e. The van der Waals surface area contributed by atoms with Crippen molar-refractivity contribution in [1.29, 1.82) is 0 Å². The van der Waals surface area contributed by atoms with Gasteiger partial charge in [-0.15, -0.1) is 0 Å². The van der Waals surface area contributed by atoms with Crippen molar-refractivity contribution in [3.63, 3.8) is 0 Å². The summed E-state index contributed by atoms with van der Waals surface area (Å²) in [5.74, 6) is -0.542. The smallest absolute Gasteiger partial charge is 0.356 e. The lowest BCUT2D eigenvalue weighted by Crippen LogP contribution is -2.25. The summed E-state index contributed by atoms with van der Waals surface area (Å²) in [7, 11) is 0. The molecule has 0 saturated carbocycles. The number of nitrogens with two attached hydrogens (primary N) is 1. The third kappa shape index (κ3) is 11.1. The van der Waals surface area contributed by atoms with Crippen LogP contribution in [0.25, 0.3) is 0 Å². The molecule has 0 aliphatic rings. The summed E-state index contributed by atoms with van der Waals surface area (Å²) in [6, 6.07) is 0. The van der Waals surface area contributed by atoms with E-state index in [4.69, 9.17) is 5.73 Å². The largest absolute Gasteiger partial charge is 0.389 e. The summed E-state index contributed by atoms with van der Waals surface area (Å²) in [6.07, 6.45) is -3.28. The van der Waals surface area contributed by atoms with Crippen LogP contribution < -0.4 is 11.1 Å². The fourth-order valence-corrected chi connectivity index (χ4v) is 1.02. The molecule has 0 bridgehead atoms. The third-order valence-electron chi connectivity index (χ3n) is 1.84. The summed E-state index contributed by atoms with van der Waals surface area (Å²) in [6.45, 7) is 1.03. The van der Waals surface area contributed by atoms with Crippen LogP contribution in [-0.2, 0) is 4.79 Å². The van der Waals surface area contributed by atoms with Crippen LogP contribution in [0.4, 0.5) is 13.2 Å². The molecular formula is C9H17F3N2O. The van der Waals surface area contributed by atoms with Crippen molar-refractivity contribution in [1.82, 2.24) is 5.32 Å². The lowest BCUT2D eigenvalue weighted by Gasteiger charge is -2.07. The molecule has 90 valence electrons. The van der Waals surface area contributed by atoms with E-state index < -0.39 is 24.9 Å². The first-order valence-corrected chi connectivity index (χ1v) is 4.99. The van der Waals surface area contributed by atoms with Crippen molar-refractivity contribution < 1.29 is 18.0 Å². The van der Waals surface area contributed by atoms with Gasteiger partial charge in [0.2, 0.25) is 5.91 Å². The minimum Gasteiger partial charge on any atom is -0.356 e. The predicted octanol–water partition coefficient (Wildman–Crippen LogP) is 1.57. The van der Waals surface area contributed by atoms with Gasteiger partial charge in [-0.2, -0.15) is 13.2 Å². The Morgan fingerprint density at radius 2 is 1.87 bits per heavy atom. The van der Waals surface area contributed by atoms with Gasteiger partial charge in [0.1, 0.15) is 0 Å². The second-order valence-electron chi connectivity index (χ2n) is 3.31. The highest BCUT2D eigenvalue weighted by Gasteiger charge is 2.27. The van der Waals surface area contributed by atoms with Gasteiger partial charge in [0, 0.05) is 13.0 Å². The predicted molar refractivity (Wildman–Crippen MR) is 51.2 cm³/mol. The normalized spacial score (nSPS) is 11.5. The van der Waals surface area contributed by atoms with E-state index in [-0.39, 0.29) is 0 Å². The number of alkyl halides is 3. The number of rotatable bonds is 7. The Kier molecular flexibility index (Phi) is 7.11. The Bertz CT molecular complexity index is 183. The van der Waals surface area contributed by atoms with E-state index >= 15 is 0 Å². The van der Waals surface area contributed by atoms with E-state index in [0.29, 0.717) is 13.1 Å². The van der Waals surface area contributed by atoms with Gasteiger partial charge in [0.25, 0.3) is 0 Å². The second-order valence-corrected chi connectivity index (χ2v) is 3.31. The number of halogens is 3. The van der Waals surface area contributed by atoms with Gasteiger partial charge in [-0.05, 0) is 19.4 Å². The molecule has 6 heteroatoms. The zero-order chi connectivity index (χ0) is 11.7. The van der Waals surface area contributed by atoms with Crippen LogP contribution in [0.1, 0.15) is 32.1 Å². The summed E-state index contributed by atoms with van der Waals surface area (Å²) < 4.78 is 35.1. The van der Waals surface area contributed by atoms with Crippen LogP contribution in [0.15, 0.2) is 0 Å². The van der Waals surface area contributed by atoms with E-state index in [1.165, 1.54) is 0 Å². The van der Waals surface area contributed by atoms with Gasteiger partial charge in [-0.3, -0.25) is 4.79 Å². The van der Waals surface area contributed by atoms with Gasteiger partial charge in [-0.1, -0.05) is 6.42 Å². The number of unbranched alkanes of at least 4 members (excludes halogenated alkanes) is 2. The molecule has 0 unspecified atom stereocenters. The minimum absolute atomic E-state index is 0.427. The highest BCUT2D eigenvalue weighted by atomic mass is 19.4. The molecule has 3 nitrogen and oxygen atoms in total. The molecule has 0 aliphatic heterocycles. The van der Waals surface area contributed by atoms with Crippen LogP contribution in [0, 0.1) is 0 Å². The molecule has 0 aromatic heterocycles. The average molecular weight is 226 g/mol. The van der Waals surface area contributed by atoms with Crippen molar-refractivity contribution in [3.05, 3.63) is 0 Å². The Morgan fingerprint density at radius 1 is 1.20 bits per heavy atom. The fourth-order valence-electron chi connectivity index (χ4n) is 1.02. The van der Waals surface area contributed by atoms with E-state index in [9.17, 15) is 18.0 Å². The van der Waals surface area contributed by atoms with Gasteiger partial charge in [0.15, 0.2) is 0 Å². The number of hydrogen-bond donors (Lipinski definition) is 2. The summed E-state index contributed by atoms with van der Waals surface area (Å²) in [5.41, 5.74) is 5.25. The number of carbonyl (C=O) groups is 1. The van der Waals surface area contributed by atoms with Crippen molar-refractivity contribution in [2.75, 3.05) is 13.1 Å². The molecule has 0 aromatic rings. The molecule has 0 atom stereocenters. The zero-order valence-corrected chi connectivity index (χ0v) is 8.57. The first-order valence-electron chi connectivity index (χ1n) is 4.99. The quantitative estimate of drug-likeness (QED) is 0.647. The number of hydrogen-bond acceptors (Lipinski definition) is 2. The Morgan fingerprint density at radius 3 is 2.40 bits per heavy atom. The molecule has 0 fully saturated rings.